The van der Waals surface area contributed by atoms with Crippen LogP contribution in [0, 0.1) is 11.2 Å². The Morgan fingerprint density at radius 3 is 2.78 bits per heavy atom. The maximum absolute atomic E-state index is 13.0. The molecule has 1 saturated carbocycles. The van der Waals surface area contributed by atoms with E-state index in [1.807, 2.05) is 0 Å². The maximum atomic E-state index is 13.0. The van der Waals surface area contributed by atoms with Crippen molar-refractivity contribution in [2.75, 3.05) is 6.54 Å². The van der Waals surface area contributed by atoms with Crippen molar-refractivity contribution in [3.8, 4) is 5.75 Å². The number of phenols is 1. The average Bonchev–Trinajstić information content (AvgIpc) is 2.77. The van der Waals surface area contributed by atoms with Gasteiger partial charge in [-0.1, -0.05) is 19.8 Å². The molecule has 1 aromatic carbocycles. The highest BCUT2D eigenvalue weighted by Gasteiger charge is 2.29. The molecular weight excluding hydrogens is 233 g/mol. The van der Waals surface area contributed by atoms with E-state index in [0.29, 0.717) is 6.54 Å². The molecule has 0 aliphatic heterocycles. The van der Waals surface area contributed by atoms with Gasteiger partial charge in [0.15, 0.2) is 0 Å². The van der Waals surface area contributed by atoms with E-state index in [0.717, 1.165) is 25.0 Å². The van der Waals surface area contributed by atoms with Crippen LogP contribution in [0.4, 0.5) is 4.39 Å². The number of rotatable bonds is 3. The number of hydrogen-bond donors (Lipinski definition) is 2. The molecule has 1 fully saturated rings. The van der Waals surface area contributed by atoms with Crippen molar-refractivity contribution < 1.29 is 14.3 Å². The molecule has 98 valence electrons. The minimum atomic E-state index is -0.523. The Labute approximate surface area is 106 Å². The summed E-state index contributed by atoms with van der Waals surface area (Å²) in [5.41, 5.74) is 0.134. The van der Waals surface area contributed by atoms with Crippen LogP contribution in [0.15, 0.2) is 18.2 Å². The SMILES string of the molecule is CC1(CNC(=O)c2cc(F)ccc2O)CCCC1. The topological polar surface area (TPSA) is 49.3 Å². The summed E-state index contributed by atoms with van der Waals surface area (Å²) in [6, 6.07) is 3.38. The zero-order valence-electron chi connectivity index (χ0n) is 10.5. The van der Waals surface area contributed by atoms with Crippen molar-refractivity contribution in [1.82, 2.24) is 5.32 Å². The van der Waals surface area contributed by atoms with E-state index in [4.69, 9.17) is 0 Å². The summed E-state index contributed by atoms with van der Waals surface area (Å²) >= 11 is 0. The van der Waals surface area contributed by atoms with Crippen molar-refractivity contribution in [3.63, 3.8) is 0 Å². The minimum absolute atomic E-state index is 0.00315. The lowest BCUT2D eigenvalue weighted by Gasteiger charge is -2.23. The van der Waals surface area contributed by atoms with Crippen LogP contribution in [0.25, 0.3) is 0 Å². The van der Waals surface area contributed by atoms with Gasteiger partial charge in [-0.15, -0.1) is 0 Å². The molecule has 3 nitrogen and oxygen atoms in total. The van der Waals surface area contributed by atoms with E-state index >= 15 is 0 Å². The van der Waals surface area contributed by atoms with Gasteiger partial charge in [-0.05, 0) is 36.5 Å². The number of hydrogen-bond acceptors (Lipinski definition) is 2. The normalized spacial score (nSPS) is 17.7. The number of carbonyl (C=O) groups excluding carboxylic acids is 1. The first kappa shape index (κ1) is 12.9. The van der Waals surface area contributed by atoms with Gasteiger partial charge in [0.05, 0.1) is 5.56 Å². The molecule has 2 rings (SSSR count). The zero-order valence-corrected chi connectivity index (χ0v) is 10.5. The van der Waals surface area contributed by atoms with Gasteiger partial charge in [-0.3, -0.25) is 4.79 Å². The highest BCUT2D eigenvalue weighted by atomic mass is 19.1. The summed E-state index contributed by atoms with van der Waals surface area (Å²) in [5.74, 6) is -1.13. The fourth-order valence-electron chi connectivity index (χ4n) is 2.48. The maximum Gasteiger partial charge on any atom is 0.255 e. The molecule has 0 unspecified atom stereocenters. The third-order valence-electron chi connectivity index (χ3n) is 3.69. The van der Waals surface area contributed by atoms with Gasteiger partial charge >= 0.3 is 0 Å². The Morgan fingerprint density at radius 2 is 2.11 bits per heavy atom. The van der Waals surface area contributed by atoms with Crippen molar-refractivity contribution in [2.45, 2.75) is 32.6 Å². The zero-order chi connectivity index (χ0) is 13.2. The molecule has 0 radical (unpaired) electrons. The van der Waals surface area contributed by atoms with Crippen molar-refractivity contribution in [3.05, 3.63) is 29.6 Å². The van der Waals surface area contributed by atoms with Crippen LogP contribution < -0.4 is 5.32 Å². The lowest BCUT2D eigenvalue weighted by Crippen LogP contribution is -2.34. The predicted octanol–water partition coefficient (Wildman–Crippen LogP) is 2.84. The fourth-order valence-corrected chi connectivity index (χ4v) is 2.48. The molecule has 0 spiro atoms. The predicted molar refractivity (Wildman–Crippen MR) is 67.0 cm³/mol. The largest absolute Gasteiger partial charge is 0.507 e. The second-order valence-corrected chi connectivity index (χ2v) is 5.36. The third kappa shape index (κ3) is 2.81. The summed E-state index contributed by atoms with van der Waals surface area (Å²) in [6.45, 7) is 2.72. The van der Waals surface area contributed by atoms with Crippen molar-refractivity contribution in [1.29, 1.82) is 0 Å². The standard InChI is InChI=1S/C14H18FNO2/c1-14(6-2-3-7-14)9-16-13(18)11-8-10(15)4-5-12(11)17/h4-5,8,17H,2-3,6-7,9H2,1H3,(H,16,18). The Bertz CT molecular complexity index is 453. The quantitative estimate of drug-likeness (QED) is 0.867. The van der Waals surface area contributed by atoms with E-state index in [2.05, 4.69) is 12.2 Å². The minimum Gasteiger partial charge on any atom is -0.507 e. The lowest BCUT2D eigenvalue weighted by atomic mass is 9.89. The molecule has 0 saturated heterocycles. The number of amides is 1. The van der Waals surface area contributed by atoms with Crippen LogP contribution in [0.3, 0.4) is 0 Å². The smallest absolute Gasteiger partial charge is 0.255 e. The van der Waals surface area contributed by atoms with E-state index in [-0.39, 0.29) is 16.7 Å². The van der Waals surface area contributed by atoms with Crippen LogP contribution in [0.5, 0.6) is 5.75 Å². The Kier molecular flexibility index (Phi) is 3.55. The third-order valence-corrected chi connectivity index (χ3v) is 3.69. The molecular formula is C14H18FNO2. The van der Waals surface area contributed by atoms with Gasteiger partial charge < -0.3 is 10.4 Å². The Morgan fingerprint density at radius 1 is 1.44 bits per heavy atom. The molecule has 1 amide bonds. The number of phenolic OH excluding ortho intramolecular Hbond substituents is 1. The average molecular weight is 251 g/mol. The molecule has 0 atom stereocenters. The number of aromatic hydroxyl groups is 1. The van der Waals surface area contributed by atoms with E-state index in [1.54, 1.807) is 0 Å². The summed E-state index contributed by atoms with van der Waals surface area (Å²) in [7, 11) is 0. The van der Waals surface area contributed by atoms with Gasteiger partial charge in [-0.25, -0.2) is 4.39 Å². The summed E-state index contributed by atoms with van der Waals surface area (Å²) in [4.78, 5) is 11.9. The van der Waals surface area contributed by atoms with Gasteiger partial charge in [0.25, 0.3) is 5.91 Å². The highest BCUT2D eigenvalue weighted by Crippen LogP contribution is 2.36. The monoisotopic (exact) mass is 251 g/mol. The van der Waals surface area contributed by atoms with Crippen LogP contribution in [0.2, 0.25) is 0 Å². The summed E-state index contributed by atoms with van der Waals surface area (Å²) in [6.07, 6.45) is 4.58. The Hall–Kier alpha value is -1.58. The molecule has 1 aliphatic carbocycles. The van der Waals surface area contributed by atoms with E-state index < -0.39 is 11.7 Å². The van der Waals surface area contributed by atoms with Gasteiger partial charge in [0, 0.05) is 6.54 Å². The van der Waals surface area contributed by atoms with Crippen LogP contribution in [-0.2, 0) is 0 Å². The second-order valence-electron chi connectivity index (χ2n) is 5.36. The number of nitrogens with one attached hydrogen (secondary N) is 1. The Balaban J connectivity index is 2.01. The molecule has 1 aliphatic rings. The molecule has 18 heavy (non-hydrogen) atoms. The first-order valence-corrected chi connectivity index (χ1v) is 6.27. The lowest BCUT2D eigenvalue weighted by molar-refractivity contribution is 0.0931. The molecule has 0 aromatic heterocycles. The highest BCUT2D eigenvalue weighted by molar-refractivity contribution is 5.96. The molecule has 0 bridgehead atoms. The summed E-state index contributed by atoms with van der Waals surface area (Å²) < 4.78 is 13.0. The molecule has 2 N–H and O–H groups in total. The number of halogens is 1. The van der Waals surface area contributed by atoms with E-state index in [1.165, 1.54) is 18.9 Å². The van der Waals surface area contributed by atoms with Crippen molar-refractivity contribution in [2.24, 2.45) is 5.41 Å². The van der Waals surface area contributed by atoms with Crippen LogP contribution >= 0.6 is 0 Å². The fraction of sp³-hybridized carbons (Fsp3) is 0.500. The molecule has 1 aromatic rings. The van der Waals surface area contributed by atoms with E-state index in [9.17, 15) is 14.3 Å². The van der Waals surface area contributed by atoms with Gasteiger partial charge in [0.1, 0.15) is 11.6 Å². The van der Waals surface area contributed by atoms with Gasteiger partial charge in [-0.2, -0.15) is 0 Å². The first-order chi connectivity index (χ1) is 8.50. The van der Waals surface area contributed by atoms with Crippen LogP contribution in [0.1, 0.15) is 43.0 Å². The molecule has 0 heterocycles. The number of carbonyl (C=O) groups is 1. The van der Waals surface area contributed by atoms with Crippen LogP contribution in [-0.4, -0.2) is 17.6 Å². The van der Waals surface area contributed by atoms with Crippen molar-refractivity contribution >= 4 is 5.91 Å². The van der Waals surface area contributed by atoms with Gasteiger partial charge in [0.2, 0.25) is 0 Å². The second kappa shape index (κ2) is 4.96. The summed E-state index contributed by atoms with van der Waals surface area (Å²) in [5, 5.41) is 12.3. The number of benzene rings is 1. The first-order valence-electron chi connectivity index (χ1n) is 6.27. The molecule has 4 heteroatoms.